The Morgan fingerprint density at radius 1 is 1.06 bits per heavy atom. The van der Waals surface area contributed by atoms with Crippen molar-refractivity contribution >= 4 is 28.8 Å². The van der Waals surface area contributed by atoms with Crippen LogP contribution in [0.25, 0.3) is 11.0 Å². The number of nitrogens with one attached hydrogen (secondary N) is 1. The molecule has 7 heteroatoms. The number of rotatable bonds is 5. The molecule has 3 amide bonds. The number of para-hydroxylation sites is 2. The quantitative estimate of drug-likeness (QED) is 0.648. The van der Waals surface area contributed by atoms with E-state index < -0.39 is 5.92 Å². The number of hydrogen-bond donors (Lipinski definition) is 1. The lowest BCUT2D eigenvalue weighted by Gasteiger charge is -2.25. The van der Waals surface area contributed by atoms with E-state index in [2.05, 4.69) is 9.97 Å². The zero-order valence-corrected chi connectivity index (χ0v) is 17.2. The van der Waals surface area contributed by atoms with Gasteiger partial charge in [-0.1, -0.05) is 42.5 Å². The summed E-state index contributed by atoms with van der Waals surface area (Å²) in [5.74, 6) is -0.356. The average molecular weight is 416 g/mol. The minimum Gasteiger partial charge on any atom is -0.340 e. The predicted molar refractivity (Wildman–Crippen MR) is 115 cm³/mol. The second kappa shape index (κ2) is 7.98. The fraction of sp³-hybridized carbons (Fsp3) is 0.333. The molecule has 0 spiro atoms. The summed E-state index contributed by atoms with van der Waals surface area (Å²) in [7, 11) is 0. The van der Waals surface area contributed by atoms with E-state index in [1.165, 1.54) is 0 Å². The standard InChI is InChI=1S/C24H24N4O3/c29-21-14-17(13-16-7-2-1-3-8-16)24(31)28(21)15-22(30)27-12-6-11-20(27)23-25-18-9-4-5-10-19(18)26-23/h1-5,7-10,17,20H,6,11-15H2,(H,25,26)/t17-,20+/m0/s1. The highest BCUT2D eigenvalue weighted by molar-refractivity contribution is 6.06. The maximum Gasteiger partial charge on any atom is 0.243 e. The van der Waals surface area contributed by atoms with Gasteiger partial charge in [-0.05, 0) is 37.0 Å². The van der Waals surface area contributed by atoms with Gasteiger partial charge in [-0.2, -0.15) is 0 Å². The second-order valence-electron chi connectivity index (χ2n) is 8.29. The number of benzene rings is 2. The molecule has 3 heterocycles. The lowest BCUT2D eigenvalue weighted by molar-refractivity contribution is -0.146. The van der Waals surface area contributed by atoms with E-state index >= 15 is 0 Å². The Morgan fingerprint density at radius 2 is 1.84 bits per heavy atom. The zero-order valence-electron chi connectivity index (χ0n) is 17.2. The molecule has 2 aliphatic heterocycles. The first-order valence-electron chi connectivity index (χ1n) is 10.7. The molecule has 5 rings (SSSR count). The van der Waals surface area contributed by atoms with Crippen LogP contribution in [0.3, 0.4) is 0 Å². The molecule has 2 fully saturated rings. The first-order valence-corrected chi connectivity index (χ1v) is 10.7. The van der Waals surface area contributed by atoms with E-state index in [1.54, 1.807) is 4.90 Å². The van der Waals surface area contributed by atoms with Crippen LogP contribution in [-0.4, -0.2) is 50.6 Å². The van der Waals surface area contributed by atoms with Crippen molar-refractivity contribution in [2.75, 3.05) is 13.1 Å². The van der Waals surface area contributed by atoms with E-state index in [9.17, 15) is 14.4 Å². The van der Waals surface area contributed by atoms with Crippen molar-refractivity contribution in [2.45, 2.75) is 31.7 Å². The third kappa shape index (κ3) is 3.71. The maximum absolute atomic E-state index is 13.1. The number of carbonyl (C=O) groups excluding carboxylic acids is 3. The minimum atomic E-state index is -0.396. The normalized spacial score (nSPS) is 21.4. The SMILES string of the molecule is O=C1C[C@H](Cc2ccccc2)C(=O)N1CC(=O)N1CCC[C@@H]1c1nc2ccccc2[nH]1. The molecule has 0 unspecified atom stereocenters. The van der Waals surface area contributed by atoms with E-state index in [0.29, 0.717) is 13.0 Å². The van der Waals surface area contributed by atoms with Crippen LogP contribution in [-0.2, 0) is 20.8 Å². The number of imide groups is 1. The molecular formula is C24H24N4O3. The molecule has 2 aliphatic rings. The van der Waals surface area contributed by atoms with Crippen LogP contribution in [0.4, 0.5) is 0 Å². The summed E-state index contributed by atoms with van der Waals surface area (Å²) in [6.45, 7) is 0.407. The van der Waals surface area contributed by atoms with Crippen molar-refractivity contribution in [3.63, 3.8) is 0 Å². The van der Waals surface area contributed by atoms with Gasteiger partial charge >= 0.3 is 0 Å². The van der Waals surface area contributed by atoms with Gasteiger partial charge in [-0.3, -0.25) is 19.3 Å². The Labute approximate surface area is 180 Å². The summed E-state index contributed by atoms with van der Waals surface area (Å²) in [6.07, 6.45) is 2.35. The summed E-state index contributed by atoms with van der Waals surface area (Å²) in [5.41, 5.74) is 2.82. The Hall–Kier alpha value is -3.48. The summed E-state index contributed by atoms with van der Waals surface area (Å²) in [4.78, 5) is 49.3. The van der Waals surface area contributed by atoms with E-state index in [-0.39, 0.29) is 36.7 Å². The largest absolute Gasteiger partial charge is 0.340 e. The van der Waals surface area contributed by atoms with Crippen molar-refractivity contribution in [2.24, 2.45) is 5.92 Å². The molecule has 2 aromatic carbocycles. The molecular weight excluding hydrogens is 392 g/mol. The average Bonchev–Trinajstić information content (AvgIpc) is 3.48. The monoisotopic (exact) mass is 416 g/mol. The first-order chi connectivity index (χ1) is 15.1. The van der Waals surface area contributed by atoms with Gasteiger partial charge in [0.15, 0.2) is 0 Å². The third-order valence-electron chi connectivity index (χ3n) is 6.25. The molecule has 0 radical (unpaired) electrons. The highest BCUT2D eigenvalue weighted by atomic mass is 16.2. The Kier molecular flexibility index (Phi) is 5.02. The number of carbonyl (C=O) groups is 3. The molecule has 0 aliphatic carbocycles. The first kappa shape index (κ1) is 19.5. The number of aromatic amines is 1. The molecule has 31 heavy (non-hydrogen) atoms. The Balaban J connectivity index is 1.28. The predicted octanol–water partition coefficient (Wildman–Crippen LogP) is 2.84. The number of imidazole rings is 1. The van der Waals surface area contributed by atoms with Gasteiger partial charge in [0.25, 0.3) is 0 Å². The Morgan fingerprint density at radius 3 is 2.65 bits per heavy atom. The van der Waals surface area contributed by atoms with Crippen LogP contribution in [0, 0.1) is 5.92 Å². The van der Waals surface area contributed by atoms with Crippen LogP contribution in [0.15, 0.2) is 54.6 Å². The van der Waals surface area contributed by atoms with Crippen molar-refractivity contribution in [3.05, 3.63) is 66.0 Å². The lowest BCUT2D eigenvalue weighted by atomic mass is 9.98. The van der Waals surface area contributed by atoms with Crippen LogP contribution in [0.1, 0.15) is 36.7 Å². The van der Waals surface area contributed by atoms with E-state index in [0.717, 1.165) is 40.2 Å². The van der Waals surface area contributed by atoms with E-state index in [4.69, 9.17) is 0 Å². The van der Waals surface area contributed by atoms with Crippen molar-refractivity contribution in [1.82, 2.24) is 19.8 Å². The number of amides is 3. The topological polar surface area (TPSA) is 86.4 Å². The van der Waals surface area contributed by atoms with Gasteiger partial charge in [-0.15, -0.1) is 0 Å². The van der Waals surface area contributed by atoms with Crippen molar-refractivity contribution in [1.29, 1.82) is 0 Å². The zero-order chi connectivity index (χ0) is 21.4. The van der Waals surface area contributed by atoms with Crippen LogP contribution in [0.5, 0.6) is 0 Å². The number of nitrogens with zero attached hydrogens (tertiary/aromatic N) is 3. The Bertz CT molecular complexity index is 1110. The number of aromatic nitrogens is 2. The molecule has 0 saturated carbocycles. The van der Waals surface area contributed by atoms with Gasteiger partial charge in [-0.25, -0.2) is 4.98 Å². The molecule has 1 aromatic heterocycles. The van der Waals surface area contributed by atoms with Crippen LogP contribution in [0.2, 0.25) is 0 Å². The molecule has 2 atom stereocenters. The highest BCUT2D eigenvalue weighted by Gasteiger charge is 2.41. The minimum absolute atomic E-state index is 0.159. The van der Waals surface area contributed by atoms with Gasteiger partial charge in [0.2, 0.25) is 17.7 Å². The number of H-pyrrole nitrogens is 1. The summed E-state index contributed by atoms with van der Waals surface area (Å²) in [5, 5.41) is 0. The number of fused-ring (bicyclic) bond motifs is 1. The van der Waals surface area contributed by atoms with Crippen LogP contribution >= 0.6 is 0 Å². The summed E-state index contributed by atoms with van der Waals surface area (Å²) >= 11 is 0. The van der Waals surface area contributed by atoms with Gasteiger partial charge in [0.1, 0.15) is 12.4 Å². The molecule has 2 saturated heterocycles. The summed E-state index contributed by atoms with van der Waals surface area (Å²) in [6, 6.07) is 17.3. The molecule has 7 nitrogen and oxygen atoms in total. The van der Waals surface area contributed by atoms with Crippen LogP contribution < -0.4 is 0 Å². The molecule has 3 aromatic rings. The fourth-order valence-electron chi connectivity index (χ4n) is 4.68. The van der Waals surface area contributed by atoms with Gasteiger partial charge in [0.05, 0.1) is 23.0 Å². The number of likely N-dealkylation sites (tertiary alicyclic amines) is 2. The smallest absolute Gasteiger partial charge is 0.243 e. The van der Waals surface area contributed by atoms with E-state index in [1.807, 2.05) is 54.6 Å². The number of hydrogen-bond acceptors (Lipinski definition) is 4. The molecule has 1 N–H and O–H groups in total. The molecule has 158 valence electrons. The van der Waals surface area contributed by atoms with Gasteiger partial charge < -0.3 is 9.88 Å². The highest BCUT2D eigenvalue weighted by Crippen LogP contribution is 2.32. The fourth-order valence-corrected chi connectivity index (χ4v) is 4.68. The molecule has 0 bridgehead atoms. The van der Waals surface area contributed by atoms with Crippen molar-refractivity contribution < 1.29 is 14.4 Å². The van der Waals surface area contributed by atoms with Gasteiger partial charge in [0, 0.05) is 13.0 Å². The summed E-state index contributed by atoms with van der Waals surface area (Å²) < 4.78 is 0. The third-order valence-corrected chi connectivity index (χ3v) is 6.25. The second-order valence-corrected chi connectivity index (χ2v) is 8.29. The lowest BCUT2D eigenvalue weighted by Crippen LogP contribution is -2.43. The maximum atomic E-state index is 13.1. The van der Waals surface area contributed by atoms with Crippen molar-refractivity contribution in [3.8, 4) is 0 Å².